The molecule has 0 unspecified atom stereocenters. The van der Waals surface area contributed by atoms with E-state index in [2.05, 4.69) is 4.98 Å². The maximum absolute atomic E-state index is 11.9. The van der Waals surface area contributed by atoms with Gasteiger partial charge in [-0.25, -0.2) is 4.98 Å². The Morgan fingerprint density at radius 1 is 1.35 bits per heavy atom. The molecule has 1 aromatic heterocycles. The standard InChI is InChI=1S/C11H15F3N2O/c1-8-5-9(7-15)6-10(16-8)17-4-2-3-11(12,13)14/h5-6H,2-4,7,15H2,1H3. The largest absolute Gasteiger partial charge is 0.478 e. The van der Waals surface area contributed by atoms with Gasteiger partial charge in [-0.05, 0) is 25.0 Å². The highest BCUT2D eigenvalue weighted by atomic mass is 19.4. The van der Waals surface area contributed by atoms with Crippen molar-refractivity contribution in [2.75, 3.05) is 6.61 Å². The second-order valence-electron chi connectivity index (χ2n) is 3.73. The van der Waals surface area contributed by atoms with Gasteiger partial charge < -0.3 is 10.5 Å². The Bertz CT molecular complexity index is 366. The third kappa shape index (κ3) is 5.53. The van der Waals surface area contributed by atoms with Crippen LogP contribution >= 0.6 is 0 Å². The zero-order valence-electron chi connectivity index (χ0n) is 9.55. The fraction of sp³-hybridized carbons (Fsp3) is 0.545. The molecule has 6 heteroatoms. The van der Waals surface area contributed by atoms with Crippen molar-refractivity contribution in [1.82, 2.24) is 4.98 Å². The van der Waals surface area contributed by atoms with E-state index in [9.17, 15) is 13.2 Å². The van der Waals surface area contributed by atoms with Crippen LogP contribution in [0.15, 0.2) is 12.1 Å². The van der Waals surface area contributed by atoms with Crippen molar-refractivity contribution in [3.63, 3.8) is 0 Å². The normalized spacial score (nSPS) is 11.6. The molecule has 1 aromatic rings. The van der Waals surface area contributed by atoms with E-state index >= 15 is 0 Å². The average molecular weight is 248 g/mol. The minimum Gasteiger partial charge on any atom is -0.478 e. The lowest BCUT2D eigenvalue weighted by atomic mass is 10.2. The highest BCUT2D eigenvalue weighted by molar-refractivity contribution is 5.24. The number of aromatic nitrogens is 1. The van der Waals surface area contributed by atoms with E-state index in [0.29, 0.717) is 12.4 Å². The van der Waals surface area contributed by atoms with Gasteiger partial charge in [0.25, 0.3) is 0 Å². The lowest BCUT2D eigenvalue weighted by Gasteiger charge is -2.09. The molecule has 17 heavy (non-hydrogen) atoms. The van der Waals surface area contributed by atoms with Crippen LogP contribution in [-0.2, 0) is 6.54 Å². The number of alkyl halides is 3. The Labute approximate surface area is 97.8 Å². The van der Waals surface area contributed by atoms with E-state index in [1.807, 2.05) is 6.07 Å². The molecule has 0 aliphatic heterocycles. The van der Waals surface area contributed by atoms with Gasteiger partial charge in [0.1, 0.15) is 0 Å². The van der Waals surface area contributed by atoms with Gasteiger partial charge in [-0.2, -0.15) is 13.2 Å². The molecule has 0 aliphatic carbocycles. The number of rotatable bonds is 5. The second kappa shape index (κ2) is 5.86. The Morgan fingerprint density at radius 3 is 2.65 bits per heavy atom. The fourth-order valence-electron chi connectivity index (χ4n) is 1.35. The molecule has 3 nitrogen and oxygen atoms in total. The highest BCUT2D eigenvalue weighted by Crippen LogP contribution is 2.21. The summed E-state index contributed by atoms with van der Waals surface area (Å²) in [5.41, 5.74) is 7.05. The Hall–Kier alpha value is -1.30. The van der Waals surface area contributed by atoms with Gasteiger partial charge in [0.2, 0.25) is 5.88 Å². The number of nitrogens with zero attached hydrogens (tertiary/aromatic N) is 1. The van der Waals surface area contributed by atoms with Crippen molar-refractivity contribution in [1.29, 1.82) is 0 Å². The predicted molar refractivity (Wildman–Crippen MR) is 57.6 cm³/mol. The van der Waals surface area contributed by atoms with Gasteiger partial charge in [0, 0.05) is 24.7 Å². The molecule has 2 N–H and O–H groups in total. The first kappa shape index (κ1) is 13.8. The number of aryl methyl sites for hydroxylation is 1. The quantitative estimate of drug-likeness (QED) is 0.815. The number of pyridine rings is 1. The van der Waals surface area contributed by atoms with Gasteiger partial charge in [0.05, 0.1) is 6.61 Å². The molecule has 0 atom stereocenters. The number of hydrogen-bond acceptors (Lipinski definition) is 3. The molecule has 1 rings (SSSR count). The van der Waals surface area contributed by atoms with E-state index in [-0.39, 0.29) is 13.0 Å². The summed E-state index contributed by atoms with van der Waals surface area (Å²) in [7, 11) is 0. The molecule has 96 valence electrons. The molecule has 0 aliphatic rings. The molecular weight excluding hydrogens is 233 g/mol. The van der Waals surface area contributed by atoms with Crippen molar-refractivity contribution >= 4 is 0 Å². The molecule has 0 saturated heterocycles. The van der Waals surface area contributed by atoms with E-state index in [1.165, 1.54) is 0 Å². The summed E-state index contributed by atoms with van der Waals surface area (Å²) in [6, 6.07) is 3.45. The molecule has 0 amide bonds. The molecule has 1 heterocycles. The third-order valence-electron chi connectivity index (χ3n) is 2.08. The van der Waals surface area contributed by atoms with Crippen molar-refractivity contribution in [2.45, 2.75) is 32.5 Å². The first-order chi connectivity index (χ1) is 7.90. The van der Waals surface area contributed by atoms with Crippen LogP contribution in [0.3, 0.4) is 0 Å². The van der Waals surface area contributed by atoms with Gasteiger partial charge >= 0.3 is 6.18 Å². The number of halogens is 3. The number of nitrogens with two attached hydrogens (primary N) is 1. The second-order valence-corrected chi connectivity index (χ2v) is 3.73. The Morgan fingerprint density at radius 2 is 2.06 bits per heavy atom. The van der Waals surface area contributed by atoms with E-state index in [4.69, 9.17) is 10.5 Å². The fourth-order valence-corrected chi connectivity index (χ4v) is 1.35. The van der Waals surface area contributed by atoms with Gasteiger partial charge in [-0.3, -0.25) is 0 Å². The van der Waals surface area contributed by atoms with Crippen LogP contribution in [0.4, 0.5) is 13.2 Å². The molecular formula is C11H15F3N2O. The van der Waals surface area contributed by atoms with Gasteiger partial charge in [0.15, 0.2) is 0 Å². The molecule has 0 bridgehead atoms. The first-order valence-electron chi connectivity index (χ1n) is 5.28. The number of hydrogen-bond donors (Lipinski definition) is 1. The minimum atomic E-state index is -4.13. The molecule has 0 spiro atoms. The monoisotopic (exact) mass is 248 g/mol. The topological polar surface area (TPSA) is 48.1 Å². The number of ether oxygens (including phenoxy) is 1. The van der Waals surface area contributed by atoms with Crippen LogP contribution < -0.4 is 10.5 Å². The summed E-state index contributed by atoms with van der Waals surface area (Å²) in [6.45, 7) is 2.13. The van der Waals surface area contributed by atoms with Crippen molar-refractivity contribution in [3.8, 4) is 5.88 Å². The predicted octanol–water partition coefficient (Wildman–Crippen LogP) is 2.57. The van der Waals surface area contributed by atoms with Gasteiger partial charge in [-0.15, -0.1) is 0 Å². The van der Waals surface area contributed by atoms with Crippen LogP contribution in [0.5, 0.6) is 5.88 Å². The SMILES string of the molecule is Cc1cc(CN)cc(OCCCC(F)(F)F)n1. The van der Waals surface area contributed by atoms with Crippen LogP contribution in [-0.4, -0.2) is 17.8 Å². The lowest BCUT2D eigenvalue weighted by Crippen LogP contribution is -2.10. The van der Waals surface area contributed by atoms with Crippen molar-refractivity contribution < 1.29 is 17.9 Å². The summed E-state index contributed by atoms with van der Waals surface area (Å²) in [4.78, 5) is 4.06. The summed E-state index contributed by atoms with van der Waals surface area (Å²) in [5.74, 6) is 0.327. The maximum atomic E-state index is 11.9. The van der Waals surface area contributed by atoms with Crippen molar-refractivity contribution in [3.05, 3.63) is 23.4 Å². The van der Waals surface area contributed by atoms with Gasteiger partial charge in [-0.1, -0.05) is 0 Å². The van der Waals surface area contributed by atoms with E-state index in [0.717, 1.165) is 11.3 Å². The molecule has 0 aromatic carbocycles. The first-order valence-corrected chi connectivity index (χ1v) is 5.28. The zero-order chi connectivity index (χ0) is 12.9. The molecule has 0 radical (unpaired) electrons. The average Bonchev–Trinajstić information content (AvgIpc) is 2.22. The molecule has 0 saturated carbocycles. The van der Waals surface area contributed by atoms with Crippen LogP contribution in [0.2, 0.25) is 0 Å². The Kier molecular flexibility index (Phi) is 4.74. The highest BCUT2D eigenvalue weighted by Gasteiger charge is 2.26. The zero-order valence-corrected chi connectivity index (χ0v) is 9.55. The summed E-state index contributed by atoms with van der Waals surface area (Å²) in [5, 5.41) is 0. The third-order valence-corrected chi connectivity index (χ3v) is 2.08. The maximum Gasteiger partial charge on any atom is 0.389 e. The van der Waals surface area contributed by atoms with E-state index < -0.39 is 12.6 Å². The summed E-state index contributed by atoms with van der Waals surface area (Å²) >= 11 is 0. The summed E-state index contributed by atoms with van der Waals surface area (Å²) < 4.78 is 40.8. The molecule has 0 fully saturated rings. The summed E-state index contributed by atoms with van der Waals surface area (Å²) in [6.07, 6.45) is -5.05. The smallest absolute Gasteiger partial charge is 0.389 e. The van der Waals surface area contributed by atoms with Crippen LogP contribution in [0, 0.1) is 6.92 Å². The van der Waals surface area contributed by atoms with Crippen LogP contribution in [0.25, 0.3) is 0 Å². The van der Waals surface area contributed by atoms with Crippen molar-refractivity contribution in [2.24, 2.45) is 5.73 Å². The van der Waals surface area contributed by atoms with E-state index in [1.54, 1.807) is 13.0 Å². The van der Waals surface area contributed by atoms with Crippen LogP contribution in [0.1, 0.15) is 24.1 Å². The lowest BCUT2D eigenvalue weighted by molar-refractivity contribution is -0.136. The minimum absolute atomic E-state index is 0.0000250. The Balaban J connectivity index is 2.44.